The van der Waals surface area contributed by atoms with Gasteiger partial charge in [-0.15, -0.1) is 0 Å². The van der Waals surface area contributed by atoms with Crippen molar-refractivity contribution >= 4 is 33.1 Å². The average Bonchev–Trinajstić information content (AvgIpc) is 2.47. The molecule has 3 N–H and O–H groups in total. The van der Waals surface area contributed by atoms with Crippen molar-refractivity contribution in [2.45, 2.75) is 5.25 Å². The van der Waals surface area contributed by atoms with Crippen molar-refractivity contribution < 1.29 is 32.4 Å². The second kappa shape index (κ2) is 6.03. The zero-order chi connectivity index (χ0) is 18.2. The summed E-state index contributed by atoms with van der Waals surface area (Å²) in [6.07, 6.45) is 0. The summed E-state index contributed by atoms with van der Waals surface area (Å²) in [7, 11) is -3.92. The highest BCUT2D eigenvalue weighted by molar-refractivity contribution is 7.92. The molecule has 1 heterocycles. The molecule has 0 spiro atoms. The molecule has 0 bridgehead atoms. The number of anilines is 1. The van der Waals surface area contributed by atoms with Crippen LogP contribution in [0.2, 0.25) is 0 Å². The molecule has 24 heavy (non-hydrogen) atoms. The van der Waals surface area contributed by atoms with E-state index in [1.807, 2.05) is 0 Å². The molecule has 1 saturated heterocycles. The number of rotatable bonds is 3. The van der Waals surface area contributed by atoms with Crippen LogP contribution in [0.3, 0.4) is 0 Å². The lowest BCUT2D eigenvalue weighted by Gasteiger charge is -2.30. The molecule has 1 aromatic rings. The number of amides is 1. The van der Waals surface area contributed by atoms with E-state index in [1.54, 1.807) is 0 Å². The summed E-state index contributed by atoms with van der Waals surface area (Å²) < 4.78 is 36.9. The number of hydrogen-bond acceptors (Lipinski definition) is 7. The predicted molar refractivity (Wildman–Crippen MR) is 78.6 cm³/mol. The third-order valence-corrected chi connectivity index (χ3v) is 5.55. The largest absolute Gasteiger partial charge is 0.480 e. The highest BCUT2D eigenvalue weighted by atomic mass is 32.2. The summed E-state index contributed by atoms with van der Waals surface area (Å²) in [5, 5.41) is 18.0. The molecule has 0 aromatic heterocycles. The highest BCUT2D eigenvalue weighted by Crippen LogP contribution is 2.28. The van der Waals surface area contributed by atoms with Crippen molar-refractivity contribution in [2.75, 3.05) is 24.6 Å². The number of nitro benzene ring substituents is 1. The van der Waals surface area contributed by atoms with Crippen LogP contribution in [0, 0.1) is 15.9 Å². The summed E-state index contributed by atoms with van der Waals surface area (Å²) in [6.45, 7) is -0.977. The number of sulfone groups is 1. The van der Waals surface area contributed by atoms with Gasteiger partial charge < -0.3 is 15.7 Å². The first-order valence-electron chi connectivity index (χ1n) is 6.51. The highest BCUT2D eigenvalue weighted by Gasteiger charge is 2.40. The zero-order valence-electron chi connectivity index (χ0n) is 12.0. The number of carbonyl (C=O) groups is 2. The van der Waals surface area contributed by atoms with Gasteiger partial charge in [0.2, 0.25) is 0 Å². The third kappa shape index (κ3) is 3.13. The van der Waals surface area contributed by atoms with E-state index in [4.69, 9.17) is 10.8 Å². The van der Waals surface area contributed by atoms with Crippen molar-refractivity contribution in [1.82, 2.24) is 4.90 Å². The molecule has 0 saturated carbocycles. The molecule has 1 unspecified atom stereocenters. The molecule has 1 aliphatic heterocycles. The Bertz CT molecular complexity index is 839. The van der Waals surface area contributed by atoms with Crippen molar-refractivity contribution in [3.63, 3.8) is 0 Å². The summed E-state index contributed by atoms with van der Waals surface area (Å²) >= 11 is 0. The number of nitrogens with two attached hydrogens (primary N) is 1. The lowest BCUT2D eigenvalue weighted by molar-refractivity contribution is -0.384. The van der Waals surface area contributed by atoms with Crippen molar-refractivity contribution in [3.05, 3.63) is 33.6 Å². The van der Waals surface area contributed by atoms with Crippen LogP contribution in [-0.2, 0) is 14.6 Å². The number of nitrogens with zero attached hydrogens (tertiary/aromatic N) is 2. The Morgan fingerprint density at radius 2 is 2.04 bits per heavy atom. The summed E-state index contributed by atoms with van der Waals surface area (Å²) in [6, 6.07) is 1.23. The van der Waals surface area contributed by atoms with Gasteiger partial charge in [0.1, 0.15) is 11.5 Å². The first-order chi connectivity index (χ1) is 11.0. The van der Waals surface area contributed by atoms with Gasteiger partial charge in [-0.3, -0.25) is 19.7 Å². The molecule has 130 valence electrons. The van der Waals surface area contributed by atoms with Crippen LogP contribution in [0.1, 0.15) is 10.4 Å². The first-order valence-corrected chi connectivity index (χ1v) is 8.23. The van der Waals surface area contributed by atoms with Crippen LogP contribution in [-0.4, -0.2) is 59.3 Å². The van der Waals surface area contributed by atoms with Crippen LogP contribution in [0.25, 0.3) is 0 Å². The van der Waals surface area contributed by atoms with Crippen molar-refractivity contribution in [3.8, 4) is 0 Å². The van der Waals surface area contributed by atoms with Crippen LogP contribution >= 0.6 is 0 Å². The van der Waals surface area contributed by atoms with E-state index < -0.39 is 66.9 Å². The maximum atomic E-state index is 13.5. The molecule has 2 rings (SSSR count). The number of aliphatic carboxylic acids is 1. The number of hydrogen-bond donors (Lipinski definition) is 2. The van der Waals surface area contributed by atoms with Gasteiger partial charge in [-0.1, -0.05) is 0 Å². The van der Waals surface area contributed by atoms with E-state index in [2.05, 4.69) is 0 Å². The Labute approximate surface area is 134 Å². The Morgan fingerprint density at radius 1 is 1.42 bits per heavy atom. The second-order valence-electron chi connectivity index (χ2n) is 5.09. The predicted octanol–water partition coefficient (Wildman–Crippen LogP) is -0.360. The third-order valence-electron chi connectivity index (χ3n) is 3.58. The first kappa shape index (κ1) is 17.6. The van der Waals surface area contributed by atoms with Gasteiger partial charge in [0.25, 0.3) is 11.6 Å². The van der Waals surface area contributed by atoms with Gasteiger partial charge >= 0.3 is 5.97 Å². The van der Waals surface area contributed by atoms with E-state index in [0.29, 0.717) is 12.1 Å². The molecule has 0 radical (unpaired) electrons. The van der Waals surface area contributed by atoms with Crippen LogP contribution in [0.15, 0.2) is 12.1 Å². The fourth-order valence-corrected chi connectivity index (χ4v) is 3.78. The van der Waals surface area contributed by atoms with Gasteiger partial charge in [0, 0.05) is 13.1 Å². The van der Waals surface area contributed by atoms with E-state index in [1.165, 1.54) is 0 Å². The number of nitro groups is 1. The topological polar surface area (TPSA) is 161 Å². The lowest BCUT2D eigenvalue weighted by atomic mass is 10.1. The molecule has 1 aromatic carbocycles. The Hall–Kier alpha value is -2.76. The number of benzene rings is 1. The zero-order valence-corrected chi connectivity index (χ0v) is 12.8. The molecule has 1 atom stereocenters. The minimum atomic E-state index is -3.92. The maximum absolute atomic E-state index is 13.5. The summed E-state index contributed by atoms with van der Waals surface area (Å²) in [4.78, 5) is 34.2. The average molecular weight is 361 g/mol. The van der Waals surface area contributed by atoms with Gasteiger partial charge in [0.05, 0.1) is 22.3 Å². The van der Waals surface area contributed by atoms with Crippen molar-refractivity contribution in [2.24, 2.45) is 0 Å². The van der Waals surface area contributed by atoms with Crippen LogP contribution in [0.4, 0.5) is 15.8 Å². The van der Waals surface area contributed by atoms with Gasteiger partial charge in [-0.25, -0.2) is 12.8 Å². The van der Waals surface area contributed by atoms with Crippen LogP contribution < -0.4 is 5.73 Å². The molecule has 1 fully saturated rings. The fraction of sp³-hybridized carbons (Fsp3) is 0.333. The Kier molecular flexibility index (Phi) is 4.42. The molecule has 12 heteroatoms. The van der Waals surface area contributed by atoms with E-state index in [0.717, 1.165) is 4.90 Å². The molecule has 10 nitrogen and oxygen atoms in total. The minimum Gasteiger partial charge on any atom is -0.480 e. The molecular weight excluding hydrogens is 349 g/mol. The lowest BCUT2D eigenvalue weighted by Crippen LogP contribution is -2.52. The second-order valence-corrected chi connectivity index (χ2v) is 7.39. The van der Waals surface area contributed by atoms with Gasteiger partial charge in [-0.2, -0.15) is 0 Å². The normalized spacial score (nSPS) is 19.7. The van der Waals surface area contributed by atoms with Gasteiger partial charge in [0.15, 0.2) is 15.1 Å². The summed E-state index contributed by atoms with van der Waals surface area (Å²) in [5.74, 6) is -4.26. The van der Waals surface area contributed by atoms with Crippen molar-refractivity contribution in [1.29, 1.82) is 0 Å². The standard InChI is InChI=1S/C12H12FN3O7S/c13-6-3-7(10(14)8(4-6)16(20)21)11(17)15-1-2-24(22,23)9(5-15)12(18)19/h3-4,9H,1-2,5,14H2,(H,18,19). The quantitative estimate of drug-likeness (QED) is 0.419. The van der Waals surface area contributed by atoms with Crippen LogP contribution in [0.5, 0.6) is 0 Å². The monoisotopic (exact) mass is 361 g/mol. The molecule has 1 aliphatic rings. The Balaban J connectivity index is 2.40. The molecule has 0 aliphatic carbocycles. The van der Waals surface area contributed by atoms with E-state index >= 15 is 0 Å². The SMILES string of the molecule is Nc1c(C(=O)N2CCS(=O)(=O)C(C(=O)O)C2)cc(F)cc1[N+](=O)[O-]. The van der Waals surface area contributed by atoms with Gasteiger partial charge in [-0.05, 0) is 6.07 Å². The number of nitrogen functional groups attached to an aromatic ring is 1. The number of carbonyl (C=O) groups excluding carboxylic acids is 1. The van der Waals surface area contributed by atoms with E-state index in [9.17, 15) is 32.5 Å². The Morgan fingerprint density at radius 3 is 2.58 bits per heavy atom. The maximum Gasteiger partial charge on any atom is 0.323 e. The smallest absolute Gasteiger partial charge is 0.323 e. The van der Waals surface area contributed by atoms with E-state index in [-0.39, 0.29) is 6.54 Å². The fourth-order valence-electron chi connectivity index (χ4n) is 2.30. The number of carboxylic acids is 1. The number of carboxylic acid groups (broad SMARTS) is 1. The summed E-state index contributed by atoms with van der Waals surface area (Å²) in [5.41, 5.74) is 3.61. The number of halogens is 1. The molecular formula is C12H12FN3O7S. The molecule has 1 amide bonds. The minimum absolute atomic E-state index is 0.325.